The van der Waals surface area contributed by atoms with Gasteiger partial charge in [0.15, 0.2) is 0 Å². The Kier molecular flexibility index (Phi) is 5.67. The normalized spacial score (nSPS) is 11.6. The van der Waals surface area contributed by atoms with Crippen molar-refractivity contribution in [3.63, 3.8) is 0 Å². The topological polar surface area (TPSA) is 43.4 Å². The second-order valence-corrected chi connectivity index (χ2v) is 2.46. The highest BCUT2D eigenvalue weighted by Gasteiger charge is 2.03. The quantitative estimate of drug-likeness (QED) is 0.485. The van der Waals surface area contributed by atoms with Crippen LogP contribution in [0.5, 0.6) is 0 Å². The second-order valence-electron chi connectivity index (χ2n) is 2.13. The number of allylic oxidation sites excluding steroid dienone is 1. The second kappa shape index (κ2) is 6.05. The zero-order chi connectivity index (χ0) is 8.69. The molecule has 0 radical (unpaired) electrons. The van der Waals surface area contributed by atoms with E-state index in [-0.39, 0.29) is 0 Å². The average molecular weight is 174 g/mol. The van der Waals surface area contributed by atoms with Gasteiger partial charge >= 0.3 is 14.7 Å². The zero-order valence-electron chi connectivity index (χ0n) is 6.66. The molecule has 3 nitrogen and oxygen atoms in total. The standard InChI is InChI=1S/C7H11O3P/c1-3-4-5-6(2)7(8)10-11-9/h5H,3-4H2,1-2H3. The highest BCUT2D eigenvalue weighted by molar-refractivity contribution is 7.18. The lowest BCUT2D eigenvalue weighted by atomic mass is 10.2. The van der Waals surface area contributed by atoms with Gasteiger partial charge in [0.05, 0.1) is 0 Å². The molecule has 0 aromatic rings. The third-order valence-corrected chi connectivity index (χ3v) is 1.42. The Bertz CT molecular complexity index is 175. The number of unbranched alkanes of at least 4 members (excludes halogenated alkanes) is 1. The average Bonchev–Trinajstić information content (AvgIpc) is 2.00. The monoisotopic (exact) mass is 174 g/mol. The third kappa shape index (κ3) is 4.68. The van der Waals surface area contributed by atoms with Crippen molar-refractivity contribution in [3.05, 3.63) is 11.6 Å². The SMILES string of the molecule is CCCC=C(C)C(=O)OP=O. The lowest BCUT2D eigenvalue weighted by molar-refractivity contribution is -0.129. The molecule has 0 aliphatic rings. The van der Waals surface area contributed by atoms with E-state index in [1.54, 1.807) is 13.0 Å². The van der Waals surface area contributed by atoms with Crippen LogP contribution < -0.4 is 0 Å². The van der Waals surface area contributed by atoms with Crippen molar-refractivity contribution in [1.29, 1.82) is 0 Å². The molecule has 0 unspecified atom stereocenters. The van der Waals surface area contributed by atoms with E-state index in [4.69, 9.17) is 0 Å². The molecule has 4 heteroatoms. The molecule has 0 N–H and O–H groups in total. The maximum Gasteiger partial charge on any atom is 0.398 e. The molecule has 11 heavy (non-hydrogen) atoms. The molecule has 0 aliphatic heterocycles. The maximum absolute atomic E-state index is 10.8. The van der Waals surface area contributed by atoms with E-state index in [1.165, 1.54) is 0 Å². The molecule has 0 spiro atoms. The van der Waals surface area contributed by atoms with Crippen LogP contribution in [-0.2, 0) is 13.9 Å². The summed E-state index contributed by atoms with van der Waals surface area (Å²) in [4.78, 5) is 10.8. The summed E-state index contributed by atoms with van der Waals surface area (Å²) in [6.07, 6.45) is 3.60. The van der Waals surface area contributed by atoms with Crippen LogP contribution in [0.25, 0.3) is 0 Å². The minimum absolute atomic E-state index is 0.509. The molecule has 0 aromatic carbocycles. The molecule has 0 rings (SSSR count). The summed E-state index contributed by atoms with van der Waals surface area (Å²) in [5.74, 6) is -0.518. The molecule has 0 aromatic heterocycles. The highest BCUT2D eigenvalue weighted by Crippen LogP contribution is 2.05. The van der Waals surface area contributed by atoms with Crippen LogP contribution >= 0.6 is 8.69 Å². The van der Waals surface area contributed by atoms with E-state index in [9.17, 15) is 9.36 Å². The van der Waals surface area contributed by atoms with Gasteiger partial charge in [0.1, 0.15) is 0 Å². The minimum Gasteiger partial charge on any atom is -0.369 e. The molecule has 0 heterocycles. The summed E-state index contributed by atoms with van der Waals surface area (Å²) in [6, 6.07) is 0. The van der Waals surface area contributed by atoms with Crippen molar-refractivity contribution < 1.29 is 13.9 Å². The Labute approximate surface area is 67.7 Å². The first-order valence-corrected chi connectivity index (χ1v) is 4.16. The van der Waals surface area contributed by atoms with Crippen LogP contribution in [0.15, 0.2) is 11.6 Å². The number of hydrogen-bond acceptors (Lipinski definition) is 3. The fraction of sp³-hybridized carbons (Fsp3) is 0.571. The number of rotatable bonds is 4. The number of hydrogen-bond donors (Lipinski definition) is 0. The molecule has 0 bridgehead atoms. The fourth-order valence-corrected chi connectivity index (χ4v) is 0.762. The van der Waals surface area contributed by atoms with Crippen LogP contribution in [0.1, 0.15) is 26.7 Å². The molecule has 0 saturated carbocycles. The van der Waals surface area contributed by atoms with E-state index in [0.717, 1.165) is 12.8 Å². The summed E-state index contributed by atoms with van der Waals surface area (Å²) >= 11 is 0. The summed E-state index contributed by atoms with van der Waals surface area (Å²) in [5.41, 5.74) is 0.509. The van der Waals surface area contributed by atoms with Gasteiger partial charge in [-0.1, -0.05) is 19.4 Å². The maximum atomic E-state index is 10.8. The zero-order valence-corrected chi connectivity index (χ0v) is 7.56. The Hall–Kier alpha value is -0.690. The van der Waals surface area contributed by atoms with Crippen LogP contribution in [0.4, 0.5) is 0 Å². The van der Waals surface area contributed by atoms with Crippen LogP contribution in [-0.4, -0.2) is 5.97 Å². The first-order chi connectivity index (χ1) is 5.22. The van der Waals surface area contributed by atoms with Crippen molar-refractivity contribution in [2.75, 3.05) is 0 Å². The highest BCUT2D eigenvalue weighted by atomic mass is 31.1. The van der Waals surface area contributed by atoms with Crippen LogP contribution in [0, 0.1) is 0 Å². The van der Waals surface area contributed by atoms with E-state index >= 15 is 0 Å². The van der Waals surface area contributed by atoms with Crippen molar-refractivity contribution in [1.82, 2.24) is 0 Å². The Morgan fingerprint density at radius 3 is 2.73 bits per heavy atom. The molecule has 0 fully saturated rings. The molecular formula is C7H11O3P. The first kappa shape index (κ1) is 10.3. The summed E-state index contributed by atoms with van der Waals surface area (Å²) in [7, 11) is -0.587. The fourth-order valence-electron chi connectivity index (χ4n) is 0.550. The minimum atomic E-state index is -0.587. The van der Waals surface area contributed by atoms with Crippen molar-refractivity contribution in [2.24, 2.45) is 0 Å². The molecule has 0 aliphatic carbocycles. The van der Waals surface area contributed by atoms with Gasteiger partial charge in [0, 0.05) is 5.57 Å². The van der Waals surface area contributed by atoms with Gasteiger partial charge in [-0.25, -0.2) is 9.36 Å². The molecule has 0 atom stereocenters. The predicted octanol–water partition coefficient (Wildman–Crippen LogP) is 2.48. The summed E-state index contributed by atoms with van der Waals surface area (Å²) in [6.45, 7) is 3.66. The van der Waals surface area contributed by atoms with Gasteiger partial charge in [-0.05, 0) is 13.3 Å². The van der Waals surface area contributed by atoms with Gasteiger partial charge in [0.2, 0.25) is 0 Å². The Morgan fingerprint density at radius 2 is 2.27 bits per heavy atom. The van der Waals surface area contributed by atoms with E-state index < -0.39 is 14.7 Å². The molecule has 62 valence electrons. The third-order valence-electron chi connectivity index (χ3n) is 1.18. The first-order valence-electron chi connectivity index (χ1n) is 3.43. The van der Waals surface area contributed by atoms with E-state index in [2.05, 4.69) is 4.52 Å². The van der Waals surface area contributed by atoms with E-state index in [0.29, 0.717) is 5.57 Å². The molecular weight excluding hydrogens is 163 g/mol. The largest absolute Gasteiger partial charge is 0.398 e. The van der Waals surface area contributed by atoms with Crippen molar-refractivity contribution in [3.8, 4) is 0 Å². The lowest BCUT2D eigenvalue weighted by Crippen LogP contribution is -1.97. The van der Waals surface area contributed by atoms with Crippen molar-refractivity contribution in [2.45, 2.75) is 26.7 Å². The van der Waals surface area contributed by atoms with Gasteiger partial charge in [-0.3, -0.25) is 0 Å². The van der Waals surface area contributed by atoms with Gasteiger partial charge in [-0.15, -0.1) is 0 Å². The van der Waals surface area contributed by atoms with Gasteiger partial charge in [0.25, 0.3) is 0 Å². The lowest BCUT2D eigenvalue weighted by Gasteiger charge is -1.94. The Morgan fingerprint density at radius 1 is 1.64 bits per heavy atom. The Balaban J connectivity index is 3.89. The summed E-state index contributed by atoms with van der Waals surface area (Å²) in [5, 5.41) is 0. The number of carbonyl (C=O) groups is 1. The smallest absolute Gasteiger partial charge is 0.369 e. The van der Waals surface area contributed by atoms with Crippen molar-refractivity contribution >= 4 is 14.7 Å². The van der Waals surface area contributed by atoms with Gasteiger partial charge < -0.3 is 4.52 Å². The van der Waals surface area contributed by atoms with Gasteiger partial charge in [-0.2, -0.15) is 0 Å². The molecule has 0 saturated heterocycles. The van der Waals surface area contributed by atoms with Crippen LogP contribution in [0.3, 0.4) is 0 Å². The van der Waals surface area contributed by atoms with Crippen LogP contribution in [0.2, 0.25) is 0 Å². The number of carbonyl (C=O) groups excluding carboxylic acids is 1. The van der Waals surface area contributed by atoms with E-state index in [1.807, 2.05) is 6.92 Å². The molecule has 0 amide bonds. The predicted molar refractivity (Wildman–Crippen MR) is 42.4 cm³/mol. The summed E-state index contributed by atoms with van der Waals surface area (Å²) < 4.78 is 14.0.